The molecule has 0 bridgehead atoms. The zero-order chi connectivity index (χ0) is 15.4. The third-order valence-electron chi connectivity index (χ3n) is 2.81. The summed E-state index contributed by atoms with van der Waals surface area (Å²) in [6, 6.07) is 10.3. The smallest absolute Gasteiger partial charge is 0.335 e. The van der Waals surface area contributed by atoms with Crippen LogP contribution in [0.5, 0.6) is 11.5 Å². The molecule has 6 heteroatoms. The third kappa shape index (κ3) is 3.79. The van der Waals surface area contributed by atoms with Crippen LogP contribution in [0.3, 0.4) is 0 Å². The van der Waals surface area contributed by atoms with Gasteiger partial charge in [-0.15, -0.1) is 0 Å². The summed E-state index contributed by atoms with van der Waals surface area (Å²) in [6.07, 6.45) is 0. The standard InChI is InChI=1S/C15H12ClIO4/c1-20-13-7-10(15(18)19)6-12(17)14(13)21-8-9-4-2-3-5-11(9)16/h2-7H,8H2,1H3,(H,18,19). The summed E-state index contributed by atoms with van der Waals surface area (Å²) < 4.78 is 11.6. The van der Waals surface area contributed by atoms with Gasteiger partial charge >= 0.3 is 5.97 Å². The summed E-state index contributed by atoms with van der Waals surface area (Å²) in [7, 11) is 1.47. The van der Waals surface area contributed by atoms with E-state index in [1.54, 1.807) is 6.07 Å². The maximum absolute atomic E-state index is 11.0. The second-order valence-electron chi connectivity index (χ2n) is 4.17. The molecule has 1 N–H and O–H groups in total. The predicted molar refractivity (Wildman–Crippen MR) is 88.5 cm³/mol. The molecule has 0 fully saturated rings. The Morgan fingerprint density at radius 2 is 2.05 bits per heavy atom. The van der Waals surface area contributed by atoms with Crippen molar-refractivity contribution in [3.8, 4) is 11.5 Å². The van der Waals surface area contributed by atoms with E-state index in [-0.39, 0.29) is 12.2 Å². The molecule has 0 spiro atoms. The predicted octanol–water partition coefficient (Wildman–Crippen LogP) is 4.23. The molecule has 0 heterocycles. The Morgan fingerprint density at radius 1 is 1.33 bits per heavy atom. The molecular weight excluding hydrogens is 407 g/mol. The van der Waals surface area contributed by atoms with Crippen LogP contribution in [-0.4, -0.2) is 18.2 Å². The molecule has 21 heavy (non-hydrogen) atoms. The minimum atomic E-state index is -1.01. The molecule has 0 aliphatic rings. The van der Waals surface area contributed by atoms with Crippen LogP contribution in [0, 0.1) is 3.57 Å². The van der Waals surface area contributed by atoms with Crippen molar-refractivity contribution in [2.24, 2.45) is 0 Å². The minimum Gasteiger partial charge on any atom is -0.493 e. The molecule has 0 aromatic heterocycles. The van der Waals surface area contributed by atoms with Gasteiger partial charge in [-0.3, -0.25) is 0 Å². The van der Waals surface area contributed by atoms with Crippen LogP contribution in [-0.2, 0) is 6.61 Å². The molecule has 4 nitrogen and oxygen atoms in total. The van der Waals surface area contributed by atoms with Gasteiger partial charge in [-0.1, -0.05) is 29.8 Å². The highest BCUT2D eigenvalue weighted by atomic mass is 127. The van der Waals surface area contributed by atoms with E-state index in [0.29, 0.717) is 20.1 Å². The largest absolute Gasteiger partial charge is 0.493 e. The van der Waals surface area contributed by atoms with Crippen molar-refractivity contribution in [2.75, 3.05) is 7.11 Å². The second-order valence-corrected chi connectivity index (χ2v) is 5.74. The van der Waals surface area contributed by atoms with E-state index in [9.17, 15) is 4.79 Å². The lowest BCUT2D eigenvalue weighted by atomic mass is 10.2. The quantitative estimate of drug-likeness (QED) is 0.738. The first-order chi connectivity index (χ1) is 10.0. The second kappa shape index (κ2) is 7.00. The van der Waals surface area contributed by atoms with Gasteiger partial charge in [-0.2, -0.15) is 0 Å². The fraction of sp³-hybridized carbons (Fsp3) is 0.133. The maximum atomic E-state index is 11.0. The highest BCUT2D eigenvalue weighted by molar-refractivity contribution is 14.1. The van der Waals surface area contributed by atoms with Crippen molar-refractivity contribution in [3.05, 3.63) is 56.1 Å². The van der Waals surface area contributed by atoms with Gasteiger partial charge in [-0.05, 0) is 40.8 Å². The number of benzene rings is 2. The number of aromatic carboxylic acids is 1. The van der Waals surface area contributed by atoms with Crippen LogP contribution in [0.2, 0.25) is 5.02 Å². The van der Waals surface area contributed by atoms with Gasteiger partial charge in [0, 0.05) is 10.6 Å². The summed E-state index contributed by atoms with van der Waals surface area (Å²) in [6.45, 7) is 0.276. The number of carbonyl (C=O) groups is 1. The lowest BCUT2D eigenvalue weighted by Gasteiger charge is -2.14. The molecular formula is C15H12ClIO4. The molecule has 110 valence electrons. The van der Waals surface area contributed by atoms with E-state index in [1.807, 2.05) is 40.8 Å². The maximum Gasteiger partial charge on any atom is 0.335 e. The van der Waals surface area contributed by atoms with Crippen LogP contribution < -0.4 is 9.47 Å². The first kappa shape index (κ1) is 15.9. The first-order valence-corrected chi connectivity index (χ1v) is 7.45. The number of ether oxygens (including phenoxy) is 2. The van der Waals surface area contributed by atoms with Crippen LogP contribution in [0.25, 0.3) is 0 Å². The molecule has 0 aliphatic carbocycles. The SMILES string of the molecule is COc1cc(C(=O)O)cc(I)c1OCc1ccccc1Cl. The van der Waals surface area contributed by atoms with E-state index >= 15 is 0 Å². The molecule has 2 rings (SSSR count). The number of rotatable bonds is 5. The van der Waals surface area contributed by atoms with E-state index in [1.165, 1.54) is 19.2 Å². The average molecular weight is 419 g/mol. The highest BCUT2D eigenvalue weighted by Gasteiger charge is 2.15. The summed E-state index contributed by atoms with van der Waals surface area (Å²) in [5.41, 5.74) is 1.00. The van der Waals surface area contributed by atoms with Crippen LogP contribution in [0.1, 0.15) is 15.9 Å². The van der Waals surface area contributed by atoms with E-state index in [0.717, 1.165) is 5.56 Å². The zero-order valence-electron chi connectivity index (χ0n) is 11.1. The number of carboxylic acids is 1. The van der Waals surface area contributed by atoms with Crippen molar-refractivity contribution in [1.29, 1.82) is 0 Å². The van der Waals surface area contributed by atoms with Crippen LogP contribution in [0.4, 0.5) is 0 Å². The van der Waals surface area contributed by atoms with Crippen molar-refractivity contribution in [2.45, 2.75) is 6.61 Å². The fourth-order valence-corrected chi connectivity index (χ4v) is 2.70. The molecule has 0 saturated heterocycles. The number of hydrogen-bond acceptors (Lipinski definition) is 3. The van der Waals surface area contributed by atoms with Gasteiger partial charge in [0.25, 0.3) is 0 Å². The lowest BCUT2D eigenvalue weighted by molar-refractivity contribution is 0.0696. The van der Waals surface area contributed by atoms with Gasteiger partial charge < -0.3 is 14.6 Å². The molecule has 0 atom stereocenters. The molecule has 0 radical (unpaired) electrons. The molecule has 2 aromatic rings. The molecule has 0 unspecified atom stereocenters. The summed E-state index contributed by atoms with van der Waals surface area (Å²) in [4.78, 5) is 11.0. The normalized spacial score (nSPS) is 10.2. The van der Waals surface area contributed by atoms with Crippen LogP contribution >= 0.6 is 34.2 Å². The Labute approximate surface area is 140 Å². The van der Waals surface area contributed by atoms with Crippen molar-refractivity contribution >= 4 is 40.2 Å². The Kier molecular flexibility index (Phi) is 5.30. The fourth-order valence-electron chi connectivity index (χ4n) is 1.75. The van der Waals surface area contributed by atoms with Crippen molar-refractivity contribution < 1.29 is 19.4 Å². The average Bonchev–Trinajstić information content (AvgIpc) is 2.46. The Bertz CT molecular complexity index is 673. The number of methoxy groups -OCH3 is 1. The highest BCUT2D eigenvalue weighted by Crippen LogP contribution is 2.35. The van der Waals surface area contributed by atoms with Gasteiger partial charge in [0.15, 0.2) is 11.5 Å². The third-order valence-corrected chi connectivity index (χ3v) is 3.98. The topological polar surface area (TPSA) is 55.8 Å². The zero-order valence-corrected chi connectivity index (χ0v) is 14.0. The van der Waals surface area contributed by atoms with Gasteiger partial charge in [0.2, 0.25) is 0 Å². The summed E-state index contributed by atoms with van der Waals surface area (Å²) in [5, 5.41) is 9.67. The monoisotopic (exact) mass is 418 g/mol. The van der Waals surface area contributed by atoms with Crippen molar-refractivity contribution in [1.82, 2.24) is 0 Å². The van der Waals surface area contributed by atoms with E-state index in [2.05, 4.69) is 0 Å². The number of carboxylic acid groups (broad SMARTS) is 1. The van der Waals surface area contributed by atoms with Crippen molar-refractivity contribution in [3.63, 3.8) is 0 Å². The molecule has 0 saturated carbocycles. The molecule has 0 aliphatic heterocycles. The summed E-state index contributed by atoms with van der Waals surface area (Å²) in [5.74, 6) is -0.127. The Hall–Kier alpha value is -1.47. The van der Waals surface area contributed by atoms with E-state index in [4.69, 9.17) is 26.2 Å². The first-order valence-electron chi connectivity index (χ1n) is 6.00. The van der Waals surface area contributed by atoms with Gasteiger partial charge in [0.05, 0.1) is 16.2 Å². The molecule has 0 amide bonds. The van der Waals surface area contributed by atoms with E-state index < -0.39 is 5.97 Å². The van der Waals surface area contributed by atoms with Crippen LogP contribution in [0.15, 0.2) is 36.4 Å². The van der Waals surface area contributed by atoms with Gasteiger partial charge in [0.1, 0.15) is 6.61 Å². The lowest BCUT2D eigenvalue weighted by Crippen LogP contribution is -2.03. The minimum absolute atomic E-state index is 0.154. The summed E-state index contributed by atoms with van der Waals surface area (Å²) >= 11 is 8.10. The number of halogens is 2. The Morgan fingerprint density at radius 3 is 2.67 bits per heavy atom. The molecule has 2 aromatic carbocycles. The number of hydrogen-bond donors (Lipinski definition) is 1. The van der Waals surface area contributed by atoms with Gasteiger partial charge in [-0.25, -0.2) is 4.79 Å². The Balaban J connectivity index is 2.28.